The van der Waals surface area contributed by atoms with Gasteiger partial charge in [-0.2, -0.15) is 0 Å². The molecule has 19 nitrogen and oxygen atoms in total. The Labute approximate surface area is 532 Å². The van der Waals surface area contributed by atoms with Gasteiger partial charge >= 0.3 is 0 Å². The molecule has 0 bridgehead atoms. The number of unbranched alkanes of at least 4 members (excludes halogenated alkanes) is 41. The molecule has 3 rings (SSSR count). The summed E-state index contributed by atoms with van der Waals surface area (Å²) in [6, 6.07) is -0.882. The van der Waals surface area contributed by atoms with Crippen LogP contribution in [0.5, 0.6) is 0 Å². The molecule has 19 heteroatoms. The first-order chi connectivity index (χ1) is 42.8. The van der Waals surface area contributed by atoms with Crippen LogP contribution in [0.15, 0.2) is 0 Å². The Morgan fingerprint density at radius 3 is 0.989 bits per heavy atom. The molecule has 0 aromatic carbocycles. The van der Waals surface area contributed by atoms with Crippen LogP contribution in [0.4, 0.5) is 0 Å². The Balaban J connectivity index is 1.41. The third kappa shape index (κ3) is 33.8. The summed E-state index contributed by atoms with van der Waals surface area (Å²) in [6.07, 6.45) is 28.9. The summed E-state index contributed by atoms with van der Waals surface area (Å²) in [4.78, 5) is 13.4. The Bertz CT molecular complexity index is 1600. The molecule has 0 saturated carbocycles. The van der Waals surface area contributed by atoms with Gasteiger partial charge in [-0.25, -0.2) is 0 Å². The summed E-state index contributed by atoms with van der Waals surface area (Å²) < 4.78 is 34.5. The predicted molar refractivity (Wildman–Crippen MR) is 342 cm³/mol. The van der Waals surface area contributed by atoms with Crippen molar-refractivity contribution < 1.29 is 89.4 Å². The average Bonchev–Trinajstić information content (AvgIpc) is 3.71. The number of nitrogens with one attached hydrogen (secondary N) is 1. The standard InChI is InChI=1S/C69H133NO18/c1-3-5-7-9-11-13-15-17-19-21-23-24-25-26-27-29-30-32-34-36-38-40-42-44-46-53(74)52(70-57(75)47-45-43-41-39-37-35-33-31-28-22-20-18-16-14-12-10-8-6-4-2)51-83-67-63(81)60(78)65(55(49-72)85-67)88-69-64(82)61(79)66(56(50-73)86-69)87-68-62(80)59(77)58(76)54(48-71)84-68/h52-56,58-69,71-74,76-82H,3-51H2,1-2H3,(H,70,75). The highest BCUT2D eigenvalue weighted by molar-refractivity contribution is 5.76. The number of hydrogen-bond donors (Lipinski definition) is 12. The van der Waals surface area contributed by atoms with Gasteiger partial charge in [-0.15, -0.1) is 0 Å². The number of carbonyl (C=O) groups is 1. The van der Waals surface area contributed by atoms with E-state index in [1.165, 1.54) is 225 Å². The van der Waals surface area contributed by atoms with Gasteiger partial charge in [-0.1, -0.05) is 284 Å². The molecule has 3 aliphatic rings. The number of rotatable bonds is 57. The van der Waals surface area contributed by atoms with Crippen LogP contribution < -0.4 is 5.32 Å². The second-order valence-corrected chi connectivity index (χ2v) is 26.4. The molecule has 3 heterocycles. The van der Waals surface area contributed by atoms with Crippen molar-refractivity contribution in [3.63, 3.8) is 0 Å². The molecule has 0 aromatic rings. The molecule has 522 valence electrons. The lowest BCUT2D eigenvalue weighted by molar-refractivity contribution is -0.379. The van der Waals surface area contributed by atoms with E-state index in [4.69, 9.17) is 28.4 Å². The van der Waals surface area contributed by atoms with Crippen LogP contribution in [0.25, 0.3) is 0 Å². The molecular formula is C69H133NO18. The summed E-state index contributed by atoms with van der Waals surface area (Å²) in [6.45, 7) is 1.85. The first-order valence-electron chi connectivity index (χ1n) is 36.3. The fourth-order valence-corrected chi connectivity index (χ4v) is 12.8. The fraction of sp³-hybridized carbons (Fsp3) is 0.986. The van der Waals surface area contributed by atoms with Gasteiger partial charge in [0.15, 0.2) is 18.9 Å². The number of amides is 1. The molecule has 3 saturated heterocycles. The van der Waals surface area contributed by atoms with Crippen LogP contribution in [-0.2, 0) is 33.2 Å². The van der Waals surface area contributed by atoms with Crippen LogP contribution >= 0.6 is 0 Å². The van der Waals surface area contributed by atoms with Gasteiger partial charge in [0.1, 0.15) is 73.2 Å². The first kappa shape index (κ1) is 81.0. The first-order valence-corrected chi connectivity index (χ1v) is 36.3. The number of aliphatic hydroxyl groups excluding tert-OH is 11. The summed E-state index contributed by atoms with van der Waals surface area (Å²) in [5, 5.41) is 121. The molecule has 3 aliphatic heterocycles. The van der Waals surface area contributed by atoms with Crippen molar-refractivity contribution >= 4 is 5.91 Å². The van der Waals surface area contributed by atoms with Crippen LogP contribution in [0.2, 0.25) is 0 Å². The minimum absolute atomic E-state index is 0.235. The molecule has 0 aliphatic carbocycles. The zero-order valence-corrected chi connectivity index (χ0v) is 55.2. The van der Waals surface area contributed by atoms with Crippen LogP contribution in [-0.4, -0.2) is 193 Å². The summed E-state index contributed by atoms with van der Waals surface area (Å²) in [7, 11) is 0. The minimum atomic E-state index is -1.97. The lowest BCUT2D eigenvalue weighted by atomic mass is 9.96. The van der Waals surface area contributed by atoms with Crippen molar-refractivity contribution in [3.05, 3.63) is 0 Å². The maximum absolute atomic E-state index is 13.4. The van der Waals surface area contributed by atoms with E-state index < -0.39 is 124 Å². The summed E-state index contributed by atoms with van der Waals surface area (Å²) in [5.41, 5.74) is 0. The molecule has 3 fully saturated rings. The number of hydrogen-bond acceptors (Lipinski definition) is 18. The highest BCUT2D eigenvalue weighted by Gasteiger charge is 2.53. The maximum Gasteiger partial charge on any atom is 0.220 e. The van der Waals surface area contributed by atoms with Gasteiger partial charge in [0.2, 0.25) is 5.91 Å². The van der Waals surface area contributed by atoms with Crippen molar-refractivity contribution in [1.29, 1.82) is 0 Å². The number of aliphatic hydroxyl groups is 11. The van der Waals surface area contributed by atoms with E-state index in [-0.39, 0.29) is 18.9 Å². The number of carbonyl (C=O) groups excluding carboxylic acids is 1. The van der Waals surface area contributed by atoms with Gasteiger partial charge < -0.3 is 89.9 Å². The second kappa shape index (κ2) is 52.1. The van der Waals surface area contributed by atoms with Gasteiger partial charge in [-0.3, -0.25) is 4.79 Å². The third-order valence-corrected chi connectivity index (χ3v) is 18.7. The van der Waals surface area contributed by atoms with Gasteiger partial charge in [0.05, 0.1) is 38.6 Å². The predicted octanol–water partition coefficient (Wildman–Crippen LogP) is 9.89. The lowest BCUT2D eigenvalue weighted by Gasteiger charge is -2.48. The Kier molecular flexibility index (Phi) is 48.0. The second-order valence-electron chi connectivity index (χ2n) is 26.4. The molecule has 1 amide bonds. The topological polar surface area (TPSA) is 307 Å². The highest BCUT2D eigenvalue weighted by Crippen LogP contribution is 2.33. The molecule has 17 unspecified atom stereocenters. The SMILES string of the molecule is CCCCCCCCCCCCCCCCCCCCCCCCCCC(O)C(COC1OC(CO)C(OC2OC(CO)C(OC3OC(CO)C(O)C(O)C3O)C(O)C2O)C(O)C1O)NC(=O)CCCCCCCCCCCCCCCCCCCCC. The number of ether oxygens (including phenoxy) is 6. The highest BCUT2D eigenvalue weighted by atomic mass is 16.8. The van der Waals surface area contributed by atoms with Crippen molar-refractivity contribution in [2.45, 2.75) is 407 Å². The van der Waals surface area contributed by atoms with E-state index in [0.717, 1.165) is 44.9 Å². The molecule has 0 radical (unpaired) electrons. The zero-order chi connectivity index (χ0) is 64.0. The smallest absolute Gasteiger partial charge is 0.220 e. The van der Waals surface area contributed by atoms with Crippen LogP contribution in [0.1, 0.15) is 303 Å². The molecule has 88 heavy (non-hydrogen) atoms. The molecule has 17 atom stereocenters. The normalized spacial score (nSPS) is 28.3. The summed E-state index contributed by atoms with van der Waals surface area (Å²) >= 11 is 0. The van der Waals surface area contributed by atoms with Crippen molar-refractivity contribution in [2.24, 2.45) is 0 Å². The van der Waals surface area contributed by atoms with Crippen molar-refractivity contribution in [2.75, 3.05) is 26.4 Å². The zero-order valence-electron chi connectivity index (χ0n) is 55.2. The van der Waals surface area contributed by atoms with Gasteiger partial charge in [0.25, 0.3) is 0 Å². The van der Waals surface area contributed by atoms with E-state index in [1.54, 1.807) is 0 Å². The van der Waals surface area contributed by atoms with Crippen LogP contribution in [0.3, 0.4) is 0 Å². The largest absolute Gasteiger partial charge is 0.394 e. The Hall–Kier alpha value is -1.21. The maximum atomic E-state index is 13.4. The monoisotopic (exact) mass is 1260 g/mol. The fourth-order valence-electron chi connectivity index (χ4n) is 12.8. The van der Waals surface area contributed by atoms with E-state index in [2.05, 4.69) is 19.2 Å². The molecular weight excluding hydrogens is 1130 g/mol. The van der Waals surface area contributed by atoms with E-state index >= 15 is 0 Å². The quantitative estimate of drug-likeness (QED) is 0.0252. The lowest BCUT2D eigenvalue weighted by Crippen LogP contribution is -2.66. The van der Waals surface area contributed by atoms with Crippen LogP contribution in [0, 0.1) is 0 Å². The Morgan fingerprint density at radius 1 is 0.364 bits per heavy atom. The van der Waals surface area contributed by atoms with E-state index in [1.807, 2.05) is 0 Å². The molecule has 0 aromatic heterocycles. The van der Waals surface area contributed by atoms with Crippen molar-refractivity contribution in [3.8, 4) is 0 Å². The van der Waals surface area contributed by atoms with Gasteiger partial charge in [-0.05, 0) is 12.8 Å². The third-order valence-electron chi connectivity index (χ3n) is 18.7. The van der Waals surface area contributed by atoms with Crippen molar-refractivity contribution in [1.82, 2.24) is 5.32 Å². The summed E-state index contributed by atoms with van der Waals surface area (Å²) in [5.74, 6) is -0.235. The molecule has 12 N–H and O–H groups in total. The van der Waals surface area contributed by atoms with Gasteiger partial charge in [0, 0.05) is 6.42 Å². The Morgan fingerprint density at radius 2 is 0.648 bits per heavy atom. The average molecular weight is 1260 g/mol. The molecule has 0 spiro atoms. The minimum Gasteiger partial charge on any atom is -0.394 e. The van der Waals surface area contributed by atoms with E-state index in [0.29, 0.717) is 12.8 Å². The van der Waals surface area contributed by atoms with E-state index in [9.17, 15) is 61.0 Å².